The Kier molecular flexibility index (Phi) is 8.19. The molecule has 1 atom stereocenters. The number of methoxy groups -OCH3 is 1. The fraction of sp³-hybridized carbons (Fsp3) is 0.500. The number of halogens is 1. The van der Waals surface area contributed by atoms with E-state index in [4.69, 9.17) is 4.74 Å². The molecular weight excluding hydrogens is 264 g/mol. The van der Waals surface area contributed by atoms with Gasteiger partial charge in [0.25, 0.3) is 0 Å². The lowest BCUT2D eigenvalue weighted by atomic mass is 10.1. The van der Waals surface area contributed by atoms with Crippen LogP contribution >= 0.6 is 12.4 Å². The topological polar surface area (TPSA) is 50.4 Å². The molecule has 1 rings (SSSR count). The number of benzene rings is 1. The normalized spacial score (nSPS) is 11.4. The van der Waals surface area contributed by atoms with Crippen LogP contribution in [0.5, 0.6) is 5.75 Å². The van der Waals surface area contributed by atoms with Crippen molar-refractivity contribution in [2.45, 2.75) is 20.4 Å². The van der Waals surface area contributed by atoms with Crippen LogP contribution in [0, 0.1) is 12.8 Å². The Hall–Kier alpha value is -1.26. The summed E-state index contributed by atoms with van der Waals surface area (Å²) in [6.45, 7) is 5.09. The number of nitrogens with one attached hydrogen (secondary N) is 2. The summed E-state index contributed by atoms with van der Waals surface area (Å²) in [6, 6.07) is 5.97. The van der Waals surface area contributed by atoms with Crippen LogP contribution < -0.4 is 15.4 Å². The first-order valence-electron chi connectivity index (χ1n) is 6.14. The summed E-state index contributed by atoms with van der Waals surface area (Å²) in [5.41, 5.74) is 2.14. The second-order valence-electron chi connectivity index (χ2n) is 4.49. The average molecular weight is 287 g/mol. The molecule has 0 saturated heterocycles. The lowest BCUT2D eigenvalue weighted by Gasteiger charge is -2.13. The Morgan fingerprint density at radius 1 is 1.42 bits per heavy atom. The second-order valence-corrected chi connectivity index (χ2v) is 4.49. The Labute approximate surface area is 121 Å². The van der Waals surface area contributed by atoms with Crippen molar-refractivity contribution >= 4 is 18.3 Å². The quantitative estimate of drug-likeness (QED) is 0.840. The number of rotatable bonds is 6. The largest absolute Gasteiger partial charge is 0.496 e. The summed E-state index contributed by atoms with van der Waals surface area (Å²) in [5, 5.41) is 5.91. The van der Waals surface area contributed by atoms with Crippen LogP contribution in [-0.2, 0) is 11.3 Å². The van der Waals surface area contributed by atoms with E-state index in [1.54, 1.807) is 7.11 Å². The molecule has 0 aliphatic carbocycles. The maximum atomic E-state index is 11.8. The molecule has 0 saturated carbocycles. The molecule has 0 aromatic heterocycles. The fourth-order valence-corrected chi connectivity index (χ4v) is 1.75. The molecule has 4 nitrogen and oxygen atoms in total. The highest BCUT2D eigenvalue weighted by atomic mass is 35.5. The SMILES string of the molecule is CNCC(C)C(=O)NCc1ccc(C)cc1OC.Cl. The molecule has 0 bridgehead atoms. The zero-order valence-corrected chi connectivity index (χ0v) is 12.8. The lowest BCUT2D eigenvalue weighted by Crippen LogP contribution is -2.33. The minimum absolute atomic E-state index is 0. The zero-order valence-electron chi connectivity index (χ0n) is 11.9. The molecule has 5 heteroatoms. The number of carbonyl (C=O) groups excluding carboxylic acids is 1. The minimum atomic E-state index is -0.0357. The predicted octanol–water partition coefficient (Wildman–Crippen LogP) is 1.90. The van der Waals surface area contributed by atoms with E-state index in [-0.39, 0.29) is 24.2 Å². The molecule has 19 heavy (non-hydrogen) atoms. The van der Waals surface area contributed by atoms with E-state index in [0.717, 1.165) is 16.9 Å². The number of amides is 1. The molecule has 0 spiro atoms. The molecule has 1 aromatic carbocycles. The van der Waals surface area contributed by atoms with Crippen molar-refractivity contribution < 1.29 is 9.53 Å². The summed E-state index contributed by atoms with van der Waals surface area (Å²) in [7, 11) is 3.48. The van der Waals surface area contributed by atoms with Gasteiger partial charge in [-0.15, -0.1) is 12.4 Å². The lowest BCUT2D eigenvalue weighted by molar-refractivity contribution is -0.124. The number of aryl methyl sites for hydroxylation is 1. The summed E-state index contributed by atoms with van der Waals surface area (Å²) in [6.07, 6.45) is 0. The van der Waals surface area contributed by atoms with Crippen LogP contribution in [0.1, 0.15) is 18.1 Å². The van der Waals surface area contributed by atoms with E-state index in [2.05, 4.69) is 10.6 Å². The minimum Gasteiger partial charge on any atom is -0.496 e. The van der Waals surface area contributed by atoms with Gasteiger partial charge >= 0.3 is 0 Å². The van der Waals surface area contributed by atoms with Crippen molar-refractivity contribution in [2.24, 2.45) is 5.92 Å². The van der Waals surface area contributed by atoms with Crippen LogP contribution in [0.4, 0.5) is 0 Å². The third-order valence-electron chi connectivity index (χ3n) is 2.85. The van der Waals surface area contributed by atoms with E-state index in [0.29, 0.717) is 13.1 Å². The van der Waals surface area contributed by atoms with Gasteiger partial charge in [-0.3, -0.25) is 4.79 Å². The predicted molar refractivity (Wildman–Crippen MR) is 79.9 cm³/mol. The van der Waals surface area contributed by atoms with Crippen LogP contribution in [0.25, 0.3) is 0 Å². The van der Waals surface area contributed by atoms with Gasteiger partial charge in [-0.05, 0) is 25.6 Å². The highest BCUT2D eigenvalue weighted by Crippen LogP contribution is 2.19. The van der Waals surface area contributed by atoms with Crippen LogP contribution in [-0.4, -0.2) is 26.6 Å². The summed E-state index contributed by atoms with van der Waals surface area (Å²) in [4.78, 5) is 11.8. The molecule has 0 fully saturated rings. The number of hydrogen-bond donors (Lipinski definition) is 2. The summed E-state index contributed by atoms with van der Waals surface area (Å²) < 4.78 is 5.30. The van der Waals surface area contributed by atoms with Gasteiger partial charge in [-0.2, -0.15) is 0 Å². The van der Waals surface area contributed by atoms with E-state index < -0.39 is 0 Å². The van der Waals surface area contributed by atoms with Gasteiger partial charge < -0.3 is 15.4 Å². The fourth-order valence-electron chi connectivity index (χ4n) is 1.75. The average Bonchev–Trinajstić information content (AvgIpc) is 2.37. The highest BCUT2D eigenvalue weighted by molar-refractivity contribution is 5.85. The molecule has 1 aromatic rings. The van der Waals surface area contributed by atoms with Gasteiger partial charge in [0.2, 0.25) is 5.91 Å². The Balaban J connectivity index is 0.00000324. The van der Waals surface area contributed by atoms with Gasteiger partial charge in [0.15, 0.2) is 0 Å². The standard InChI is InChI=1S/C14H22N2O2.ClH/c1-10-5-6-12(13(7-10)18-4)9-16-14(17)11(2)8-15-3;/h5-7,11,15H,8-9H2,1-4H3,(H,16,17);1H. The third kappa shape index (κ3) is 5.49. The molecule has 0 radical (unpaired) electrons. The smallest absolute Gasteiger partial charge is 0.224 e. The molecule has 2 N–H and O–H groups in total. The summed E-state index contributed by atoms with van der Waals surface area (Å²) in [5.74, 6) is 0.829. The monoisotopic (exact) mass is 286 g/mol. The van der Waals surface area contributed by atoms with Crippen molar-refractivity contribution in [3.63, 3.8) is 0 Å². The van der Waals surface area contributed by atoms with Gasteiger partial charge in [0, 0.05) is 24.6 Å². The van der Waals surface area contributed by atoms with E-state index in [9.17, 15) is 4.79 Å². The van der Waals surface area contributed by atoms with E-state index in [1.165, 1.54) is 0 Å². The van der Waals surface area contributed by atoms with Crippen molar-refractivity contribution in [3.8, 4) is 5.75 Å². The second kappa shape index (κ2) is 8.77. The first-order chi connectivity index (χ1) is 8.58. The third-order valence-corrected chi connectivity index (χ3v) is 2.85. The Morgan fingerprint density at radius 3 is 2.68 bits per heavy atom. The van der Waals surface area contributed by atoms with Crippen LogP contribution in [0.15, 0.2) is 18.2 Å². The van der Waals surface area contributed by atoms with Gasteiger partial charge in [0.05, 0.1) is 7.11 Å². The first-order valence-corrected chi connectivity index (χ1v) is 6.14. The maximum Gasteiger partial charge on any atom is 0.224 e. The van der Waals surface area contributed by atoms with Gasteiger partial charge in [-0.1, -0.05) is 19.1 Å². The zero-order chi connectivity index (χ0) is 13.5. The maximum absolute atomic E-state index is 11.8. The van der Waals surface area contributed by atoms with Crippen molar-refractivity contribution in [1.29, 1.82) is 0 Å². The molecule has 0 aliphatic heterocycles. The van der Waals surface area contributed by atoms with Crippen LogP contribution in [0.2, 0.25) is 0 Å². The van der Waals surface area contributed by atoms with Crippen molar-refractivity contribution in [1.82, 2.24) is 10.6 Å². The van der Waals surface area contributed by atoms with Crippen molar-refractivity contribution in [3.05, 3.63) is 29.3 Å². The molecule has 1 unspecified atom stereocenters. The van der Waals surface area contributed by atoms with Gasteiger partial charge in [-0.25, -0.2) is 0 Å². The number of carbonyl (C=O) groups is 1. The van der Waals surface area contributed by atoms with E-state index in [1.807, 2.05) is 39.1 Å². The number of hydrogen-bond acceptors (Lipinski definition) is 3. The highest BCUT2D eigenvalue weighted by Gasteiger charge is 2.12. The Morgan fingerprint density at radius 2 is 2.11 bits per heavy atom. The molecule has 0 heterocycles. The van der Waals surface area contributed by atoms with Crippen LogP contribution in [0.3, 0.4) is 0 Å². The Bertz CT molecular complexity index is 410. The van der Waals surface area contributed by atoms with Crippen molar-refractivity contribution in [2.75, 3.05) is 20.7 Å². The first kappa shape index (κ1) is 17.7. The van der Waals surface area contributed by atoms with Gasteiger partial charge in [0.1, 0.15) is 5.75 Å². The molecule has 108 valence electrons. The molecule has 0 aliphatic rings. The number of ether oxygens (including phenoxy) is 1. The summed E-state index contributed by atoms with van der Waals surface area (Å²) >= 11 is 0. The molecular formula is C14H23ClN2O2. The van der Waals surface area contributed by atoms with E-state index >= 15 is 0 Å². The molecule has 1 amide bonds.